The predicted octanol–water partition coefficient (Wildman–Crippen LogP) is 2.33. The molecule has 1 amide bonds. The fourth-order valence-electron chi connectivity index (χ4n) is 2.86. The Labute approximate surface area is 125 Å². The van der Waals surface area contributed by atoms with E-state index in [2.05, 4.69) is 12.2 Å². The van der Waals surface area contributed by atoms with Gasteiger partial charge in [-0.25, -0.2) is 0 Å². The second-order valence-electron chi connectivity index (χ2n) is 5.18. The fourth-order valence-corrected chi connectivity index (χ4v) is 2.86. The molecule has 0 radical (unpaired) electrons. The predicted molar refractivity (Wildman–Crippen MR) is 81.8 cm³/mol. The zero-order chi connectivity index (χ0) is 13.2. The average Bonchev–Trinajstić information content (AvgIpc) is 2.93. The molecule has 1 fully saturated rings. The summed E-state index contributed by atoms with van der Waals surface area (Å²) in [6, 6.07) is 6.21. The van der Waals surface area contributed by atoms with Crippen LogP contribution in [0.4, 0.5) is 5.69 Å². The van der Waals surface area contributed by atoms with Gasteiger partial charge in [0.15, 0.2) is 0 Å². The lowest BCUT2D eigenvalue weighted by Crippen LogP contribution is -2.48. The third-order valence-electron chi connectivity index (χ3n) is 4.02. The Kier molecular flexibility index (Phi) is 4.89. The van der Waals surface area contributed by atoms with E-state index in [0.717, 1.165) is 24.9 Å². The zero-order valence-electron chi connectivity index (χ0n) is 11.7. The van der Waals surface area contributed by atoms with E-state index in [-0.39, 0.29) is 24.4 Å². The first-order valence-electron chi connectivity index (χ1n) is 7.05. The van der Waals surface area contributed by atoms with Crippen molar-refractivity contribution in [2.24, 2.45) is 0 Å². The first-order chi connectivity index (χ1) is 9.29. The molecule has 0 spiro atoms. The summed E-state index contributed by atoms with van der Waals surface area (Å²) >= 11 is 0. The number of halogens is 1. The minimum absolute atomic E-state index is 0. The molecule has 1 unspecified atom stereocenters. The van der Waals surface area contributed by atoms with E-state index < -0.39 is 0 Å². The maximum Gasteiger partial charge on any atom is 0.254 e. The summed E-state index contributed by atoms with van der Waals surface area (Å²) in [5.74, 6) is 0.143. The number of fused-ring (bicyclic) bond motifs is 1. The van der Waals surface area contributed by atoms with Crippen LogP contribution >= 0.6 is 12.4 Å². The Morgan fingerprint density at radius 2 is 2.35 bits per heavy atom. The summed E-state index contributed by atoms with van der Waals surface area (Å²) in [6.45, 7) is 5.09. The summed E-state index contributed by atoms with van der Waals surface area (Å²) < 4.78 is 5.46. The molecule has 0 aromatic heterocycles. The van der Waals surface area contributed by atoms with Gasteiger partial charge in [0.25, 0.3) is 5.91 Å². The third kappa shape index (κ3) is 2.76. The van der Waals surface area contributed by atoms with Crippen LogP contribution in [0.5, 0.6) is 0 Å². The molecular weight excluding hydrogens is 276 g/mol. The molecule has 0 saturated carbocycles. The number of ether oxygens (including phenoxy) is 1. The highest BCUT2D eigenvalue weighted by Gasteiger charge is 2.27. The Bertz CT molecular complexity index is 493. The molecule has 0 bridgehead atoms. The number of rotatable bonds is 2. The highest BCUT2D eigenvalue weighted by Crippen LogP contribution is 2.24. The minimum Gasteiger partial charge on any atom is -0.384 e. The number of carbonyl (C=O) groups is 1. The van der Waals surface area contributed by atoms with Crippen LogP contribution in [0.2, 0.25) is 0 Å². The number of anilines is 1. The van der Waals surface area contributed by atoms with Crippen LogP contribution in [0.15, 0.2) is 18.2 Å². The number of nitrogens with one attached hydrogen (secondary N) is 1. The van der Waals surface area contributed by atoms with Crippen molar-refractivity contribution >= 4 is 24.0 Å². The van der Waals surface area contributed by atoms with Gasteiger partial charge in [0.05, 0.1) is 19.3 Å². The van der Waals surface area contributed by atoms with Gasteiger partial charge in [0.1, 0.15) is 0 Å². The second kappa shape index (κ2) is 6.46. The Hall–Kier alpha value is -1.26. The van der Waals surface area contributed by atoms with Crippen molar-refractivity contribution in [3.63, 3.8) is 0 Å². The third-order valence-corrected chi connectivity index (χ3v) is 4.02. The molecule has 2 heterocycles. The van der Waals surface area contributed by atoms with Gasteiger partial charge in [-0.2, -0.15) is 0 Å². The van der Waals surface area contributed by atoms with Crippen LogP contribution < -0.4 is 5.32 Å². The summed E-state index contributed by atoms with van der Waals surface area (Å²) in [6.07, 6.45) is 1.95. The lowest BCUT2D eigenvalue weighted by molar-refractivity contribution is -0.00280. The quantitative estimate of drug-likeness (QED) is 0.911. The van der Waals surface area contributed by atoms with Gasteiger partial charge in [-0.3, -0.25) is 4.79 Å². The molecule has 1 saturated heterocycles. The molecule has 2 aliphatic heterocycles. The molecule has 1 aromatic rings. The molecular formula is C15H21ClN2O2. The SMILES string of the molecule is CCC1COCCN1C(=O)c1ccc2c(c1)CCN2.Cl. The Balaban J connectivity index is 0.00000147. The van der Waals surface area contributed by atoms with Crippen molar-refractivity contribution in [3.8, 4) is 0 Å². The first-order valence-corrected chi connectivity index (χ1v) is 7.05. The van der Waals surface area contributed by atoms with E-state index in [1.54, 1.807) is 0 Å². The van der Waals surface area contributed by atoms with Crippen LogP contribution in [0.3, 0.4) is 0 Å². The van der Waals surface area contributed by atoms with Gasteiger partial charge in [-0.05, 0) is 36.6 Å². The van der Waals surface area contributed by atoms with E-state index in [4.69, 9.17) is 4.74 Å². The van der Waals surface area contributed by atoms with Crippen LogP contribution in [-0.4, -0.2) is 43.2 Å². The van der Waals surface area contributed by atoms with E-state index in [1.165, 1.54) is 11.3 Å². The molecule has 4 nitrogen and oxygen atoms in total. The van der Waals surface area contributed by atoms with Crippen molar-refractivity contribution in [3.05, 3.63) is 29.3 Å². The molecule has 2 aliphatic rings. The minimum atomic E-state index is 0. The van der Waals surface area contributed by atoms with Crippen molar-refractivity contribution < 1.29 is 9.53 Å². The molecule has 5 heteroatoms. The monoisotopic (exact) mass is 296 g/mol. The van der Waals surface area contributed by atoms with Gasteiger partial charge in [0, 0.05) is 24.3 Å². The smallest absolute Gasteiger partial charge is 0.254 e. The summed E-state index contributed by atoms with van der Waals surface area (Å²) in [7, 11) is 0. The van der Waals surface area contributed by atoms with E-state index >= 15 is 0 Å². The second-order valence-corrected chi connectivity index (χ2v) is 5.18. The molecule has 0 aliphatic carbocycles. The van der Waals surface area contributed by atoms with Gasteiger partial charge >= 0.3 is 0 Å². The lowest BCUT2D eigenvalue weighted by Gasteiger charge is -2.35. The van der Waals surface area contributed by atoms with Crippen molar-refractivity contribution in [1.82, 2.24) is 4.90 Å². The van der Waals surface area contributed by atoms with Crippen LogP contribution in [0.1, 0.15) is 29.3 Å². The van der Waals surface area contributed by atoms with Gasteiger partial charge in [-0.1, -0.05) is 6.92 Å². The van der Waals surface area contributed by atoms with Gasteiger partial charge < -0.3 is 15.0 Å². The molecule has 1 atom stereocenters. The number of carbonyl (C=O) groups excluding carboxylic acids is 1. The maximum atomic E-state index is 12.6. The normalized spacial score (nSPS) is 20.9. The van der Waals surface area contributed by atoms with Crippen molar-refractivity contribution in [2.75, 3.05) is 31.6 Å². The average molecular weight is 297 g/mol. The number of nitrogens with zero attached hydrogens (tertiary/aromatic N) is 1. The number of benzene rings is 1. The summed E-state index contributed by atoms with van der Waals surface area (Å²) in [4.78, 5) is 14.6. The van der Waals surface area contributed by atoms with E-state index in [1.807, 2.05) is 23.1 Å². The van der Waals surface area contributed by atoms with Gasteiger partial charge in [0.2, 0.25) is 0 Å². The largest absolute Gasteiger partial charge is 0.384 e. The van der Waals surface area contributed by atoms with Crippen LogP contribution in [0, 0.1) is 0 Å². The molecule has 3 rings (SSSR count). The molecule has 110 valence electrons. The topological polar surface area (TPSA) is 41.6 Å². The Morgan fingerprint density at radius 3 is 3.15 bits per heavy atom. The highest BCUT2D eigenvalue weighted by molar-refractivity contribution is 5.95. The number of amides is 1. The lowest BCUT2D eigenvalue weighted by atomic mass is 10.1. The number of morpholine rings is 1. The van der Waals surface area contributed by atoms with Crippen LogP contribution in [0.25, 0.3) is 0 Å². The standard InChI is InChI=1S/C15H20N2O2.ClH/c1-2-13-10-19-8-7-17(13)15(18)12-3-4-14-11(9-12)5-6-16-14;/h3-4,9,13,16H,2,5-8,10H2,1H3;1H. The molecule has 20 heavy (non-hydrogen) atoms. The van der Waals surface area contributed by atoms with E-state index in [9.17, 15) is 4.79 Å². The summed E-state index contributed by atoms with van der Waals surface area (Å²) in [5, 5.41) is 3.32. The Morgan fingerprint density at radius 1 is 1.50 bits per heavy atom. The number of hydrogen-bond donors (Lipinski definition) is 1. The van der Waals surface area contributed by atoms with Gasteiger partial charge in [-0.15, -0.1) is 12.4 Å². The van der Waals surface area contributed by atoms with Crippen molar-refractivity contribution in [1.29, 1.82) is 0 Å². The summed E-state index contributed by atoms with van der Waals surface area (Å²) in [5.41, 5.74) is 3.24. The number of hydrogen-bond acceptors (Lipinski definition) is 3. The molecule has 1 aromatic carbocycles. The fraction of sp³-hybridized carbons (Fsp3) is 0.533. The highest BCUT2D eigenvalue weighted by atomic mass is 35.5. The van der Waals surface area contributed by atoms with E-state index in [0.29, 0.717) is 19.8 Å². The first kappa shape index (κ1) is 15.1. The molecule has 1 N–H and O–H groups in total. The maximum absolute atomic E-state index is 12.6. The zero-order valence-corrected chi connectivity index (χ0v) is 12.5. The van der Waals surface area contributed by atoms with Crippen molar-refractivity contribution in [2.45, 2.75) is 25.8 Å². The van der Waals surface area contributed by atoms with Crippen LogP contribution in [-0.2, 0) is 11.2 Å².